The quantitative estimate of drug-likeness (QED) is 0.0308. The molecule has 0 rings (SSSR count). The highest BCUT2D eigenvalue weighted by molar-refractivity contribution is 5.80. The number of carbonyl (C=O) groups excluding carboxylic acids is 1. The molecule has 0 aliphatic heterocycles. The number of allylic oxidation sites excluding steroid dienone is 2. The van der Waals surface area contributed by atoms with Crippen LogP contribution in [-0.2, 0) is 4.79 Å². The monoisotopic (exact) mass is 1050 g/mol. The summed E-state index contributed by atoms with van der Waals surface area (Å²) in [7, 11) is 0. The van der Waals surface area contributed by atoms with Crippen LogP contribution in [0.1, 0.15) is 386 Å². The highest BCUT2D eigenvalue weighted by atomic mass is 16.3. The van der Waals surface area contributed by atoms with Crippen molar-refractivity contribution in [2.24, 2.45) is 0 Å². The molecule has 0 aromatic rings. The van der Waals surface area contributed by atoms with E-state index >= 15 is 0 Å². The van der Waals surface area contributed by atoms with Gasteiger partial charge < -0.3 is 25.7 Å². The van der Waals surface area contributed by atoms with E-state index < -0.39 is 36.9 Å². The van der Waals surface area contributed by atoms with Crippen LogP contribution in [0.4, 0.5) is 0 Å². The molecule has 0 aromatic heterocycles. The number of rotatable bonds is 64. The normalized spacial score (nSPS) is 13.5. The highest BCUT2D eigenvalue weighted by Gasteiger charge is 2.28. The van der Waals surface area contributed by atoms with Crippen LogP contribution in [0.2, 0.25) is 0 Å². The second-order valence-electron chi connectivity index (χ2n) is 23.9. The Labute approximate surface area is 463 Å². The number of hydrogen-bond acceptors (Lipinski definition) is 5. The summed E-state index contributed by atoms with van der Waals surface area (Å²) in [6.45, 7) is 4.10. The zero-order valence-corrected chi connectivity index (χ0v) is 50.4. The first-order chi connectivity index (χ1) is 36.5. The Kier molecular flexibility index (Phi) is 62.1. The first kappa shape index (κ1) is 73.0. The molecule has 0 aliphatic rings. The molecule has 0 radical (unpaired) electrons. The molecule has 0 aliphatic carbocycles. The third-order valence-electron chi connectivity index (χ3n) is 16.5. The van der Waals surface area contributed by atoms with Crippen molar-refractivity contribution in [3.8, 4) is 0 Å². The predicted octanol–water partition coefficient (Wildman–Crippen LogP) is 20.8. The van der Waals surface area contributed by atoms with E-state index in [1.807, 2.05) is 0 Å². The molecule has 442 valence electrons. The number of hydrogen-bond donors (Lipinski definition) is 5. The number of amides is 1. The van der Waals surface area contributed by atoms with Gasteiger partial charge in [0.15, 0.2) is 0 Å². The lowest BCUT2D eigenvalue weighted by Crippen LogP contribution is -2.53. The van der Waals surface area contributed by atoms with E-state index in [4.69, 9.17) is 0 Å². The van der Waals surface area contributed by atoms with E-state index in [2.05, 4.69) is 31.3 Å². The van der Waals surface area contributed by atoms with Gasteiger partial charge in [0.25, 0.3) is 0 Å². The van der Waals surface area contributed by atoms with Gasteiger partial charge in [-0.25, -0.2) is 0 Å². The van der Waals surface area contributed by atoms with E-state index in [1.165, 1.54) is 321 Å². The van der Waals surface area contributed by atoms with Crippen LogP contribution in [-0.4, -0.2) is 57.3 Å². The summed E-state index contributed by atoms with van der Waals surface area (Å²) in [6, 6.07) is -1.00. The van der Waals surface area contributed by atoms with Gasteiger partial charge in [0.05, 0.1) is 18.8 Å². The minimum Gasteiger partial charge on any atom is -0.394 e. The summed E-state index contributed by atoms with van der Waals surface area (Å²) in [4.78, 5) is 12.6. The Hall–Kier alpha value is -0.950. The van der Waals surface area contributed by atoms with E-state index in [-0.39, 0.29) is 0 Å². The molecule has 5 N–H and O–H groups in total. The maximum atomic E-state index is 12.6. The zero-order chi connectivity index (χ0) is 53.7. The molecule has 0 saturated heterocycles. The Morgan fingerprint density at radius 3 is 0.811 bits per heavy atom. The summed E-state index contributed by atoms with van der Waals surface area (Å²) in [5.41, 5.74) is 0. The average Bonchev–Trinajstić information content (AvgIpc) is 3.41. The third-order valence-corrected chi connectivity index (χ3v) is 16.5. The summed E-state index contributed by atoms with van der Waals surface area (Å²) in [5.74, 6) is -0.584. The molecule has 4 unspecified atom stereocenters. The fourth-order valence-corrected chi connectivity index (χ4v) is 11.2. The predicted molar refractivity (Wildman–Crippen MR) is 325 cm³/mol. The maximum absolute atomic E-state index is 12.6. The highest BCUT2D eigenvalue weighted by Crippen LogP contribution is 2.20. The van der Waals surface area contributed by atoms with Crippen LogP contribution in [0.5, 0.6) is 0 Å². The maximum Gasteiger partial charge on any atom is 0.249 e. The second-order valence-corrected chi connectivity index (χ2v) is 23.9. The first-order valence-corrected chi connectivity index (χ1v) is 34.1. The minimum absolute atomic E-state index is 0.369. The van der Waals surface area contributed by atoms with Crippen LogP contribution in [0.3, 0.4) is 0 Å². The molecule has 6 heteroatoms. The smallest absolute Gasteiger partial charge is 0.249 e. The van der Waals surface area contributed by atoms with Crippen molar-refractivity contribution in [3.63, 3.8) is 0 Å². The number of nitrogens with one attached hydrogen (secondary N) is 1. The van der Waals surface area contributed by atoms with Gasteiger partial charge in [-0.3, -0.25) is 4.79 Å². The first-order valence-electron chi connectivity index (χ1n) is 34.1. The van der Waals surface area contributed by atoms with Gasteiger partial charge in [-0.1, -0.05) is 360 Å². The standard InChI is InChI=1S/C68H135NO5/c1-3-5-7-9-11-13-15-17-19-21-23-25-27-29-31-32-33-34-35-36-38-39-41-43-45-47-49-51-53-55-57-59-61-65(71)67(73)64(63-70)69-68(74)66(72)62-60-58-56-54-52-50-48-46-44-42-40-37-30-28-26-24-22-20-18-16-14-12-10-8-6-4-2/h53,55,64-67,70-73H,3-52,54,56-63H2,1-2H3,(H,69,74)/b55-53+. The van der Waals surface area contributed by atoms with Gasteiger partial charge in [-0.15, -0.1) is 0 Å². The zero-order valence-electron chi connectivity index (χ0n) is 50.4. The molecule has 4 atom stereocenters. The number of carbonyl (C=O) groups is 1. The topological polar surface area (TPSA) is 110 Å². The van der Waals surface area contributed by atoms with E-state index in [0.717, 1.165) is 38.5 Å². The molecule has 6 nitrogen and oxygen atoms in total. The lowest BCUT2D eigenvalue weighted by atomic mass is 10.00. The van der Waals surface area contributed by atoms with Crippen LogP contribution in [0.15, 0.2) is 12.2 Å². The van der Waals surface area contributed by atoms with E-state index in [0.29, 0.717) is 12.8 Å². The Morgan fingerprint density at radius 1 is 0.324 bits per heavy atom. The van der Waals surface area contributed by atoms with Crippen molar-refractivity contribution in [2.45, 2.75) is 411 Å². The lowest BCUT2D eigenvalue weighted by Gasteiger charge is -2.27. The fraction of sp³-hybridized carbons (Fsp3) is 0.956. The number of unbranched alkanes of at least 4 members (excludes halogenated alkanes) is 53. The molecule has 74 heavy (non-hydrogen) atoms. The van der Waals surface area contributed by atoms with Gasteiger partial charge in [-0.05, 0) is 38.5 Å². The summed E-state index contributed by atoms with van der Waals surface area (Å²) in [6.07, 6.45) is 77.7. The molecular formula is C68H135NO5. The molecule has 1 amide bonds. The van der Waals surface area contributed by atoms with Crippen molar-refractivity contribution in [1.82, 2.24) is 5.32 Å². The Bertz CT molecular complexity index is 1080. The molecule has 0 spiro atoms. The van der Waals surface area contributed by atoms with Crippen molar-refractivity contribution < 1.29 is 25.2 Å². The Balaban J connectivity index is 3.55. The van der Waals surface area contributed by atoms with Crippen molar-refractivity contribution in [1.29, 1.82) is 0 Å². The third kappa shape index (κ3) is 55.8. The van der Waals surface area contributed by atoms with E-state index in [1.54, 1.807) is 0 Å². The SMILES string of the molecule is CCCCCCCCCCCCCCCCCCCCCCCCCCCCC/C=C/CCCC(O)C(O)C(CO)NC(=O)C(O)CCCCCCCCCCCCCCCCCCCCCCCCCCCC. The molecule has 0 fully saturated rings. The summed E-state index contributed by atoms with van der Waals surface area (Å²) >= 11 is 0. The van der Waals surface area contributed by atoms with Crippen LogP contribution in [0, 0.1) is 0 Å². The number of aliphatic hydroxyl groups is 4. The second kappa shape index (κ2) is 62.9. The molecule has 0 bridgehead atoms. The van der Waals surface area contributed by atoms with E-state index in [9.17, 15) is 25.2 Å². The van der Waals surface area contributed by atoms with Crippen LogP contribution >= 0.6 is 0 Å². The molecule has 0 saturated carbocycles. The van der Waals surface area contributed by atoms with Gasteiger partial charge in [0, 0.05) is 0 Å². The van der Waals surface area contributed by atoms with Crippen molar-refractivity contribution in [3.05, 3.63) is 12.2 Å². The van der Waals surface area contributed by atoms with Crippen molar-refractivity contribution >= 4 is 5.91 Å². The Morgan fingerprint density at radius 2 is 0.554 bits per heavy atom. The molecule has 0 aromatic carbocycles. The van der Waals surface area contributed by atoms with Crippen LogP contribution < -0.4 is 5.32 Å². The van der Waals surface area contributed by atoms with Gasteiger partial charge in [0.2, 0.25) is 5.91 Å². The van der Waals surface area contributed by atoms with Gasteiger partial charge in [0.1, 0.15) is 12.2 Å². The van der Waals surface area contributed by atoms with Crippen molar-refractivity contribution in [2.75, 3.05) is 6.61 Å². The average molecular weight is 1050 g/mol. The summed E-state index contributed by atoms with van der Waals surface area (Å²) in [5, 5.41) is 44.2. The lowest BCUT2D eigenvalue weighted by molar-refractivity contribution is -0.132. The molecular weight excluding hydrogens is 911 g/mol. The molecule has 0 heterocycles. The van der Waals surface area contributed by atoms with Gasteiger partial charge in [-0.2, -0.15) is 0 Å². The van der Waals surface area contributed by atoms with Crippen LogP contribution in [0.25, 0.3) is 0 Å². The minimum atomic E-state index is -1.28. The fourth-order valence-electron chi connectivity index (χ4n) is 11.2. The largest absolute Gasteiger partial charge is 0.394 e. The van der Waals surface area contributed by atoms with Gasteiger partial charge >= 0.3 is 0 Å². The summed E-state index contributed by atoms with van der Waals surface area (Å²) < 4.78 is 0. The number of aliphatic hydroxyl groups excluding tert-OH is 4.